The van der Waals surface area contributed by atoms with Crippen LogP contribution in [-0.4, -0.2) is 61.7 Å². The Kier molecular flexibility index (Phi) is 6.96. The third-order valence-electron chi connectivity index (χ3n) is 6.06. The fourth-order valence-corrected chi connectivity index (χ4v) is 4.39. The van der Waals surface area contributed by atoms with E-state index in [1.165, 1.54) is 18.2 Å². The Labute approximate surface area is 186 Å². The first-order valence-corrected chi connectivity index (χ1v) is 10.9. The molecule has 0 bridgehead atoms. The lowest BCUT2D eigenvalue weighted by atomic mass is 10.0. The van der Waals surface area contributed by atoms with Gasteiger partial charge in [-0.2, -0.15) is 0 Å². The molecule has 2 heterocycles. The molecule has 32 heavy (non-hydrogen) atoms. The number of nitro groups is 1. The minimum absolute atomic E-state index is 0.0607. The summed E-state index contributed by atoms with van der Waals surface area (Å²) in [5.41, 5.74) is 1.49. The Morgan fingerprint density at radius 3 is 2.56 bits per heavy atom. The molecule has 0 spiro atoms. The number of hydrogen-bond donors (Lipinski definition) is 1. The molecule has 170 valence electrons. The van der Waals surface area contributed by atoms with Crippen LogP contribution in [0.3, 0.4) is 0 Å². The van der Waals surface area contributed by atoms with Crippen molar-refractivity contribution in [3.05, 3.63) is 69.5 Å². The van der Waals surface area contributed by atoms with Gasteiger partial charge in [0.1, 0.15) is 11.5 Å². The van der Waals surface area contributed by atoms with E-state index in [-0.39, 0.29) is 29.7 Å². The molecule has 2 saturated heterocycles. The molecule has 0 radical (unpaired) electrons. The number of carbonyl (C=O) groups excluding carboxylic acids is 1. The van der Waals surface area contributed by atoms with Crippen molar-refractivity contribution in [1.82, 2.24) is 10.2 Å². The van der Waals surface area contributed by atoms with Gasteiger partial charge < -0.3 is 15.0 Å². The summed E-state index contributed by atoms with van der Waals surface area (Å²) in [5.74, 6) is -0.726. The molecule has 1 amide bonds. The fourth-order valence-electron chi connectivity index (χ4n) is 4.39. The van der Waals surface area contributed by atoms with Crippen molar-refractivity contribution in [2.75, 3.05) is 50.8 Å². The van der Waals surface area contributed by atoms with Crippen molar-refractivity contribution in [3.8, 4) is 0 Å². The number of nitro benzene ring substituents is 1. The van der Waals surface area contributed by atoms with Crippen LogP contribution in [0.2, 0.25) is 0 Å². The lowest BCUT2D eigenvalue weighted by Gasteiger charge is -2.35. The molecule has 8 nitrogen and oxygen atoms in total. The van der Waals surface area contributed by atoms with Gasteiger partial charge in [-0.05, 0) is 42.7 Å². The zero-order valence-electron chi connectivity index (χ0n) is 17.8. The van der Waals surface area contributed by atoms with Crippen LogP contribution in [-0.2, 0) is 4.74 Å². The fraction of sp³-hybridized carbons (Fsp3) is 0.435. The number of benzene rings is 2. The molecule has 2 fully saturated rings. The van der Waals surface area contributed by atoms with Gasteiger partial charge in [0.05, 0.1) is 24.2 Å². The number of morpholine rings is 1. The van der Waals surface area contributed by atoms with Crippen LogP contribution < -0.4 is 10.2 Å². The highest BCUT2D eigenvalue weighted by Gasteiger charge is 2.26. The third-order valence-corrected chi connectivity index (χ3v) is 6.06. The average molecular weight is 442 g/mol. The van der Waals surface area contributed by atoms with Gasteiger partial charge in [-0.15, -0.1) is 0 Å². The molecule has 2 aromatic rings. The normalized spacial score (nSPS) is 17.8. The molecule has 0 aromatic heterocycles. The van der Waals surface area contributed by atoms with Crippen LogP contribution in [0.1, 0.15) is 34.8 Å². The maximum Gasteiger partial charge on any atom is 0.293 e. The van der Waals surface area contributed by atoms with E-state index >= 15 is 0 Å². The summed E-state index contributed by atoms with van der Waals surface area (Å²) in [7, 11) is 0. The SMILES string of the molecule is O=C(NCC(c1cccc(F)c1)N1CCOCC1)c1ccc(N2CCCC2)c([N+](=O)[O-])c1. The summed E-state index contributed by atoms with van der Waals surface area (Å²) >= 11 is 0. The number of amides is 1. The Hall–Kier alpha value is -3.04. The number of nitrogens with one attached hydrogen (secondary N) is 1. The standard InChI is InChI=1S/C23H27FN4O4/c24-19-5-3-4-17(14-19)22(27-10-12-32-13-11-27)16-25-23(29)18-6-7-20(21(15-18)28(30)31)26-8-1-2-9-26/h3-7,14-15,22H,1-2,8-13,16H2,(H,25,29). The summed E-state index contributed by atoms with van der Waals surface area (Å²) in [6.07, 6.45) is 2.00. The maximum atomic E-state index is 13.8. The maximum absolute atomic E-state index is 13.8. The van der Waals surface area contributed by atoms with E-state index in [1.54, 1.807) is 18.2 Å². The first-order valence-electron chi connectivity index (χ1n) is 10.9. The van der Waals surface area contributed by atoms with Crippen molar-refractivity contribution < 1.29 is 18.8 Å². The Morgan fingerprint density at radius 1 is 1.12 bits per heavy atom. The molecule has 2 aliphatic heterocycles. The first-order chi connectivity index (χ1) is 15.5. The number of rotatable bonds is 7. The molecule has 9 heteroatoms. The second-order valence-corrected chi connectivity index (χ2v) is 8.08. The largest absolute Gasteiger partial charge is 0.379 e. The molecule has 4 rings (SSSR count). The predicted octanol–water partition coefficient (Wildman–Crippen LogP) is 3.14. The molecular formula is C23H27FN4O4. The summed E-state index contributed by atoms with van der Waals surface area (Å²) in [6, 6.07) is 10.8. The van der Waals surface area contributed by atoms with Crippen LogP contribution in [0, 0.1) is 15.9 Å². The van der Waals surface area contributed by atoms with Gasteiger partial charge in [0.2, 0.25) is 0 Å². The zero-order chi connectivity index (χ0) is 22.5. The highest BCUT2D eigenvalue weighted by molar-refractivity contribution is 5.95. The van der Waals surface area contributed by atoms with Crippen molar-refractivity contribution >= 4 is 17.3 Å². The second-order valence-electron chi connectivity index (χ2n) is 8.08. The van der Waals surface area contributed by atoms with E-state index < -0.39 is 10.8 Å². The average Bonchev–Trinajstić information content (AvgIpc) is 3.34. The van der Waals surface area contributed by atoms with Crippen molar-refractivity contribution in [1.29, 1.82) is 0 Å². The second kappa shape index (κ2) is 10.1. The summed E-state index contributed by atoms with van der Waals surface area (Å²) in [6.45, 7) is 4.31. The lowest BCUT2D eigenvalue weighted by Crippen LogP contribution is -2.43. The van der Waals surface area contributed by atoms with Gasteiger partial charge in [0.15, 0.2) is 0 Å². The van der Waals surface area contributed by atoms with Crippen LogP contribution in [0.15, 0.2) is 42.5 Å². The number of carbonyl (C=O) groups is 1. The molecule has 2 aliphatic rings. The Balaban J connectivity index is 1.51. The monoisotopic (exact) mass is 442 g/mol. The van der Waals surface area contributed by atoms with Gasteiger partial charge >= 0.3 is 0 Å². The van der Waals surface area contributed by atoms with Crippen LogP contribution >= 0.6 is 0 Å². The highest BCUT2D eigenvalue weighted by atomic mass is 19.1. The van der Waals surface area contributed by atoms with Gasteiger partial charge in [-0.1, -0.05) is 12.1 Å². The van der Waals surface area contributed by atoms with Gasteiger partial charge in [-0.25, -0.2) is 4.39 Å². The molecule has 1 N–H and O–H groups in total. The number of halogens is 1. The molecular weight excluding hydrogens is 415 g/mol. The Morgan fingerprint density at radius 2 is 1.88 bits per heavy atom. The van der Waals surface area contributed by atoms with Gasteiger partial charge in [-0.3, -0.25) is 19.8 Å². The minimum atomic E-state index is -0.437. The van der Waals surface area contributed by atoms with Crippen molar-refractivity contribution in [2.24, 2.45) is 0 Å². The summed E-state index contributed by atoms with van der Waals surface area (Å²) in [4.78, 5) is 28.2. The molecule has 0 saturated carbocycles. The summed E-state index contributed by atoms with van der Waals surface area (Å²) in [5, 5.41) is 14.5. The van der Waals surface area contributed by atoms with Crippen molar-refractivity contribution in [3.63, 3.8) is 0 Å². The predicted molar refractivity (Wildman–Crippen MR) is 118 cm³/mol. The number of anilines is 1. The van der Waals surface area contributed by atoms with E-state index in [0.717, 1.165) is 31.5 Å². The van der Waals surface area contributed by atoms with Gasteiger partial charge in [0, 0.05) is 44.4 Å². The van der Waals surface area contributed by atoms with Gasteiger partial charge in [0.25, 0.3) is 11.6 Å². The lowest BCUT2D eigenvalue weighted by molar-refractivity contribution is -0.384. The van der Waals surface area contributed by atoms with E-state index in [4.69, 9.17) is 4.74 Å². The van der Waals surface area contributed by atoms with E-state index in [2.05, 4.69) is 10.2 Å². The van der Waals surface area contributed by atoms with Crippen LogP contribution in [0.5, 0.6) is 0 Å². The van der Waals surface area contributed by atoms with Crippen LogP contribution in [0.4, 0.5) is 15.8 Å². The van der Waals surface area contributed by atoms with E-state index in [0.29, 0.717) is 32.0 Å². The zero-order valence-corrected chi connectivity index (χ0v) is 17.8. The molecule has 1 atom stereocenters. The van der Waals surface area contributed by atoms with Crippen LogP contribution in [0.25, 0.3) is 0 Å². The first kappa shape index (κ1) is 22.2. The smallest absolute Gasteiger partial charge is 0.293 e. The number of ether oxygens (including phenoxy) is 1. The quantitative estimate of drug-likeness (QED) is 0.524. The third kappa shape index (κ3) is 5.05. The molecule has 1 unspecified atom stereocenters. The Bertz CT molecular complexity index is 974. The van der Waals surface area contributed by atoms with Crippen molar-refractivity contribution in [2.45, 2.75) is 18.9 Å². The number of hydrogen-bond acceptors (Lipinski definition) is 6. The highest BCUT2D eigenvalue weighted by Crippen LogP contribution is 2.31. The van der Waals surface area contributed by atoms with E-state index in [9.17, 15) is 19.3 Å². The number of nitrogens with zero attached hydrogens (tertiary/aromatic N) is 3. The topological polar surface area (TPSA) is 88.0 Å². The molecule has 2 aromatic carbocycles. The van der Waals surface area contributed by atoms with E-state index in [1.807, 2.05) is 11.0 Å². The summed E-state index contributed by atoms with van der Waals surface area (Å²) < 4.78 is 19.3. The minimum Gasteiger partial charge on any atom is -0.379 e. The molecule has 0 aliphatic carbocycles.